The lowest BCUT2D eigenvalue weighted by Gasteiger charge is -2.37. The normalized spacial score (nSPS) is 23.8. The van der Waals surface area contributed by atoms with Crippen LogP contribution in [0.3, 0.4) is 0 Å². The molecule has 0 bridgehead atoms. The third-order valence-corrected chi connectivity index (χ3v) is 4.38. The Bertz CT molecular complexity index is 495. The number of aliphatic carboxylic acids is 1. The van der Waals surface area contributed by atoms with Crippen LogP contribution in [0.25, 0.3) is 0 Å². The first-order valence-electron chi connectivity index (χ1n) is 6.92. The Morgan fingerprint density at radius 3 is 2.95 bits per heavy atom. The van der Waals surface area contributed by atoms with Crippen LogP contribution < -0.4 is 0 Å². The first-order chi connectivity index (χ1) is 9.52. The van der Waals surface area contributed by atoms with Gasteiger partial charge >= 0.3 is 5.97 Å². The van der Waals surface area contributed by atoms with Crippen LogP contribution in [-0.2, 0) is 11.3 Å². The Morgan fingerprint density at radius 2 is 2.30 bits per heavy atom. The van der Waals surface area contributed by atoms with Crippen molar-refractivity contribution in [3.63, 3.8) is 0 Å². The van der Waals surface area contributed by atoms with Crippen molar-refractivity contribution in [1.82, 2.24) is 4.90 Å². The molecule has 0 spiro atoms. The van der Waals surface area contributed by atoms with E-state index in [2.05, 4.69) is 6.92 Å². The molecule has 1 aromatic carbocycles. The minimum Gasteiger partial charge on any atom is -0.480 e. The number of carboxylic acid groups (broad SMARTS) is 1. The summed E-state index contributed by atoms with van der Waals surface area (Å²) in [5, 5.41) is 9.44. The molecular formula is C15H19ClFNO2. The van der Waals surface area contributed by atoms with Gasteiger partial charge in [0.1, 0.15) is 11.9 Å². The number of likely N-dealkylation sites (tertiary alicyclic amines) is 1. The highest BCUT2D eigenvalue weighted by Crippen LogP contribution is 2.28. The van der Waals surface area contributed by atoms with Gasteiger partial charge in [0.25, 0.3) is 0 Å². The summed E-state index contributed by atoms with van der Waals surface area (Å²) < 4.78 is 13.9. The lowest BCUT2D eigenvalue weighted by molar-refractivity contribution is -0.145. The fraction of sp³-hybridized carbons (Fsp3) is 0.533. The van der Waals surface area contributed by atoms with Gasteiger partial charge in [-0.1, -0.05) is 37.1 Å². The van der Waals surface area contributed by atoms with Crippen molar-refractivity contribution in [2.45, 2.75) is 38.8 Å². The number of piperidine rings is 1. The molecule has 0 aliphatic carbocycles. The fourth-order valence-corrected chi connectivity index (χ4v) is 2.99. The van der Waals surface area contributed by atoms with Gasteiger partial charge < -0.3 is 5.11 Å². The highest BCUT2D eigenvalue weighted by atomic mass is 35.5. The Balaban J connectivity index is 2.14. The Kier molecular flexibility index (Phi) is 5.00. The van der Waals surface area contributed by atoms with Gasteiger partial charge in [-0.05, 0) is 31.4 Å². The van der Waals surface area contributed by atoms with E-state index in [1.165, 1.54) is 6.07 Å². The van der Waals surface area contributed by atoms with Crippen LogP contribution >= 0.6 is 11.6 Å². The molecule has 1 heterocycles. The summed E-state index contributed by atoms with van der Waals surface area (Å²) >= 11 is 5.77. The lowest BCUT2D eigenvalue weighted by atomic mass is 9.88. The number of hydrogen-bond donors (Lipinski definition) is 1. The number of nitrogens with zero attached hydrogens (tertiary/aromatic N) is 1. The molecule has 1 N–H and O–H groups in total. The van der Waals surface area contributed by atoms with Crippen LogP contribution in [0.4, 0.5) is 4.39 Å². The molecule has 1 saturated heterocycles. The third-order valence-electron chi connectivity index (χ3n) is 4.09. The van der Waals surface area contributed by atoms with Gasteiger partial charge in [0, 0.05) is 12.1 Å². The minimum absolute atomic E-state index is 0.0813. The van der Waals surface area contributed by atoms with Crippen LogP contribution in [0.15, 0.2) is 18.2 Å². The molecular weight excluding hydrogens is 281 g/mol. The molecule has 1 aliphatic rings. The van der Waals surface area contributed by atoms with E-state index in [0.717, 1.165) is 12.8 Å². The smallest absolute Gasteiger partial charge is 0.320 e. The predicted octanol–water partition coefficient (Wildman–Crippen LogP) is 3.55. The van der Waals surface area contributed by atoms with Gasteiger partial charge in [0.15, 0.2) is 0 Å². The molecule has 1 aromatic rings. The van der Waals surface area contributed by atoms with E-state index in [1.54, 1.807) is 12.1 Å². The summed E-state index contributed by atoms with van der Waals surface area (Å²) in [7, 11) is 0. The van der Waals surface area contributed by atoms with Gasteiger partial charge in [-0.15, -0.1) is 0 Å². The molecule has 110 valence electrons. The van der Waals surface area contributed by atoms with Crippen molar-refractivity contribution in [2.75, 3.05) is 6.54 Å². The van der Waals surface area contributed by atoms with E-state index >= 15 is 0 Å². The van der Waals surface area contributed by atoms with Crippen molar-refractivity contribution < 1.29 is 14.3 Å². The Labute approximate surface area is 123 Å². The second-order valence-corrected chi connectivity index (χ2v) is 5.74. The molecule has 2 atom stereocenters. The van der Waals surface area contributed by atoms with Gasteiger partial charge in [-0.3, -0.25) is 9.69 Å². The van der Waals surface area contributed by atoms with E-state index in [9.17, 15) is 14.3 Å². The first-order valence-corrected chi connectivity index (χ1v) is 7.30. The second-order valence-electron chi connectivity index (χ2n) is 5.34. The van der Waals surface area contributed by atoms with Crippen molar-refractivity contribution >= 4 is 17.6 Å². The number of halogens is 2. The maximum absolute atomic E-state index is 13.9. The Hall–Kier alpha value is -1.13. The maximum atomic E-state index is 13.9. The topological polar surface area (TPSA) is 40.5 Å². The van der Waals surface area contributed by atoms with Crippen molar-refractivity contribution in [3.8, 4) is 0 Å². The second kappa shape index (κ2) is 6.55. The highest BCUT2D eigenvalue weighted by Gasteiger charge is 2.33. The molecule has 0 saturated carbocycles. The number of carbonyl (C=O) groups is 1. The third kappa shape index (κ3) is 3.30. The number of carboxylic acids is 1. The average Bonchev–Trinajstić information content (AvgIpc) is 2.44. The summed E-state index contributed by atoms with van der Waals surface area (Å²) in [6.45, 7) is 3.05. The van der Waals surface area contributed by atoms with Gasteiger partial charge in [-0.25, -0.2) is 4.39 Å². The molecule has 2 rings (SSSR count). The SMILES string of the molecule is CCC1CCN(Cc2cccc(Cl)c2F)C(C(=O)O)C1. The van der Waals surface area contributed by atoms with Crippen molar-refractivity contribution in [2.24, 2.45) is 5.92 Å². The molecule has 1 fully saturated rings. The quantitative estimate of drug-likeness (QED) is 0.924. The fourth-order valence-electron chi connectivity index (χ4n) is 2.79. The van der Waals surface area contributed by atoms with Crippen LogP contribution in [0.2, 0.25) is 5.02 Å². The predicted molar refractivity (Wildman–Crippen MR) is 76.3 cm³/mol. The first kappa shape index (κ1) is 15.3. The molecule has 0 amide bonds. The van der Waals surface area contributed by atoms with E-state index in [0.29, 0.717) is 31.0 Å². The number of hydrogen-bond acceptors (Lipinski definition) is 2. The molecule has 1 aliphatic heterocycles. The van der Waals surface area contributed by atoms with Crippen LogP contribution in [0, 0.1) is 11.7 Å². The molecule has 5 heteroatoms. The van der Waals surface area contributed by atoms with E-state index in [1.807, 2.05) is 4.90 Å². The van der Waals surface area contributed by atoms with Crippen molar-refractivity contribution in [1.29, 1.82) is 0 Å². The number of benzene rings is 1. The highest BCUT2D eigenvalue weighted by molar-refractivity contribution is 6.30. The molecule has 0 radical (unpaired) electrons. The van der Waals surface area contributed by atoms with Gasteiger partial charge in [0.05, 0.1) is 5.02 Å². The van der Waals surface area contributed by atoms with E-state index < -0.39 is 17.8 Å². The van der Waals surface area contributed by atoms with E-state index in [4.69, 9.17) is 11.6 Å². The average molecular weight is 300 g/mol. The zero-order chi connectivity index (χ0) is 14.7. The van der Waals surface area contributed by atoms with Gasteiger partial charge in [-0.2, -0.15) is 0 Å². The standard InChI is InChI=1S/C15H19ClFNO2/c1-2-10-6-7-18(13(8-10)15(19)20)9-11-4-3-5-12(16)14(11)17/h3-5,10,13H,2,6-9H2,1H3,(H,19,20). The molecule has 3 nitrogen and oxygen atoms in total. The van der Waals surface area contributed by atoms with Crippen LogP contribution in [0.1, 0.15) is 31.7 Å². The van der Waals surface area contributed by atoms with Crippen LogP contribution in [0.5, 0.6) is 0 Å². The lowest BCUT2D eigenvalue weighted by Crippen LogP contribution is -2.46. The minimum atomic E-state index is -0.828. The largest absolute Gasteiger partial charge is 0.480 e. The maximum Gasteiger partial charge on any atom is 0.320 e. The zero-order valence-corrected chi connectivity index (χ0v) is 12.2. The van der Waals surface area contributed by atoms with Crippen LogP contribution in [-0.4, -0.2) is 28.6 Å². The summed E-state index contributed by atoms with van der Waals surface area (Å²) in [4.78, 5) is 13.2. The summed E-state index contributed by atoms with van der Waals surface area (Å²) in [6.07, 6.45) is 2.58. The van der Waals surface area contributed by atoms with Crippen molar-refractivity contribution in [3.05, 3.63) is 34.6 Å². The summed E-state index contributed by atoms with van der Waals surface area (Å²) in [5.41, 5.74) is 0.457. The zero-order valence-electron chi connectivity index (χ0n) is 11.5. The monoisotopic (exact) mass is 299 g/mol. The molecule has 20 heavy (non-hydrogen) atoms. The van der Waals surface area contributed by atoms with Gasteiger partial charge in [0.2, 0.25) is 0 Å². The summed E-state index contributed by atoms with van der Waals surface area (Å²) in [5.74, 6) is -0.835. The number of rotatable bonds is 4. The Morgan fingerprint density at radius 1 is 1.55 bits per heavy atom. The molecule has 2 unspecified atom stereocenters. The molecule has 0 aromatic heterocycles. The summed E-state index contributed by atoms with van der Waals surface area (Å²) in [6, 6.07) is 4.31. The van der Waals surface area contributed by atoms with E-state index in [-0.39, 0.29) is 5.02 Å².